The van der Waals surface area contributed by atoms with E-state index in [1.54, 1.807) is 0 Å². The largest absolute Gasteiger partial charge is 0.467 e. The molecule has 2 bridgehead atoms. The van der Waals surface area contributed by atoms with Gasteiger partial charge in [-0.05, 0) is 25.0 Å². The van der Waals surface area contributed by atoms with Gasteiger partial charge in [0, 0.05) is 36.1 Å². The van der Waals surface area contributed by atoms with Crippen LogP contribution in [-0.4, -0.2) is 47.2 Å². The maximum Gasteiger partial charge on any atom is 0.419 e. The second kappa shape index (κ2) is 8.39. The normalized spacial score (nSPS) is 19.7. The van der Waals surface area contributed by atoms with Crippen molar-refractivity contribution in [2.45, 2.75) is 31.1 Å². The zero-order valence-electron chi connectivity index (χ0n) is 18.4. The number of hydrogen-bond acceptors (Lipinski definition) is 7. The summed E-state index contributed by atoms with van der Waals surface area (Å²) in [6, 6.07) is 2.61. The molecule has 3 N–H and O–H groups in total. The molecule has 182 valence electrons. The molecule has 5 rings (SSSR count). The van der Waals surface area contributed by atoms with Crippen molar-refractivity contribution in [3.05, 3.63) is 34.1 Å². The Balaban J connectivity index is 1.78. The number of piperazine rings is 1. The highest BCUT2D eigenvalue weighted by Crippen LogP contribution is 2.44. The highest BCUT2D eigenvalue weighted by molar-refractivity contribution is 6.34. The average Bonchev–Trinajstić information content (AvgIpc) is 3.14. The molecule has 1 aromatic carbocycles. The summed E-state index contributed by atoms with van der Waals surface area (Å²) in [6.07, 6.45) is 2.34. The van der Waals surface area contributed by atoms with Gasteiger partial charge in [0.25, 0.3) is 0 Å². The third-order valence-electron chi connectivity index (χ3n) is 6.26. The summed E-state index contributed by atoms with van der Waals surface area (Å²) in [5.74, 6) is 0.914. The molecule has 7 nitrogen and oxygen atoms in total. The molecular formula is C23H19ClF4N6O. The fourth-order valence-corrected chi connectivity index (χ4v) is 5.11. The molecule has 0 amide bonds. The van der Waals surface area contributed by atoms with E-state index in [1.807, 2.05) is 10.8 Å². The molecule has 2 aliphatic rings. The maximum atomic E-state index is 16.0. The van der Waals surface area contributed by atoms with E-state index in [0.29, 0.717) is 18.9 Å². The third kappa shape index (κ3) is 3.96. The molecule has 2 atom stereocenters. The summed E-state index contributed by atoms with van der Waals surface area (Å²) in [5, 5.41) is 3.43. The number of ether oxygens (including phenoxy) is 1. The lowest BCUT2D eigenvalue weighted by molar-refractivity contribution is -0.137. The van der Waals surface area contributed by atoms with Gasteiger partial charge in [0.15, 0.2) is 5.82 Å². The first-order valence-corrected chi connectivity index (χ1v) is 11.1. The van der Waals surface area contributed by atoms with Crippen LogP contribution in [0.15, 0.2) is 12.1 Å². The Labute approximate surface area is 202 Å². The number of alkyl halides is 3. The van der Waals surface area contributed by atoms with E-state index in [4.69, 9.17) is 28.5 Å². The van der Waals surface area contributed by atoms with Crippen molar-refractivity contribution in [3.8, 4) is 29.6 Å². The van der Waals surface area contributed by atoms with Crippen LogP contribution in [0.25, 0.3) is 22.2 Å². The van der Waals surface area contributed by atoms with Crippen molar-refractivity contribution in [2.75, 3.05) is 30.8 Å². The molecule has 0 radical (unpaired) electrons. The van der Waals surface area contributed by atoms with E-state index in [-0.39, 0.29) is 39.8 Å². The van der Waals surface area contributed by atoms with Gasteiger partial charge in [0.2, 0.25) is 0 Å². The molecular weight excluding hydrogens is 488 g/mol. The van der Waals surface area contributed by atoms with Crippen LogP contribution in [0.5, 0.6) is 6.01 Å². The number of aromatic nitrogens is 3. The average molecular weight is 507 g/mol. The van der Waals surface area contributed by atoms with Gasteiger partial charge in [0.1, 0.15) is 17.2 Å². The number of nitrogens with two attached hydrogens (primary N) is 1. The van der Waals surface area contributed by atoms with Crippen LogP contribution < -0.4 is 20.7 Å². The number of nitrogen functional groups attached to an aromatic ring is 1. The molecule has 2 unspecified atom stereocenters. The first-order valence-electron chi connectivity index (χ1n) is 10.7. The topological polar surface area (TPSA) is 89.2 Å². The van der Waals surface area contributed by atoms with Gasteiger partial charge >= 0.3 is 12.2 Å². The second-order valence-corrected chi connectivity index (χ2v) is 8.89. The number of hydrogen-bond donors (Lipinski definition) is 2. The number of rotatable bonds is 3. The zero-order valence-corrected chi connectivity index (χ0v) is 19.1. The number of methoxy groups -OCH3 is 1. The van der Waals surface area contributed by atoms with Crippen LogP contribution in [0, 0.1) is 18.2 Å². The van der Waals surface area contributed by atoms with E-state index >= 15 is 4.39 Å². The van der Waals surface area contributed by atoms with Gasteiger partial charge in [-0.15, -0.1) is 6.42 Å². The Morgan fingerprint density at radius 3 is 2.49 bits per heavy atom. The number of nitrogens with zero attached hydrogens (tertiary/aromatic N) is 4. The monoisotopic (exact) mass is 506 g/mol. The number of nitrogens with one attached hydrogen (secondary N) is 1. The third-order valence-corrected chi connectivity index (χ3v) is 6.55. The lowest BCUT2D eigenvalue weighted by Gasteiger charge is -2.34. The van der Waals surface area contributed by atoms with Gasteiger partial charge in [-0.25, -0.2) is 9.37 Å². The Bertz CT molecular complexity index is 1380. The maximum absolute atomic E-state index is 16.0. The molecule has 0 saturated carbocycles. The summed E-state index contributed by atoms with van der Waals surface area (Å²) in [6.45, 7) is 1.24. The number of halogens is 5. The molecule has 0 aliphatic carbocycles. The molecule has 4 heterocycles. The predicted molar refractivity (Wildman–Crippen MR) is 124 cm³/mol. The van der Waals surface area contributed by atoms with E-state index in [0.717, 1.165) is 18.9 Å². The van der Waals surface area contributed by atoms with Crippen molar-refractivity contribution in [2.24, 2.45) is 0 Å². The van der Waals surface area contributed by atoms with Crippen LogP contribution in [0.3, 0.4) is 0 Å². The number of anilines is 2. The van der Waals surface area contributed by atoms with Crippen LogP contribution in [0.2, 0.25) is 5.02 Å². The quantitative estimate of drug-likeness (QED) is 0.410. The lowest BCUT2D eigenvalue weighted by Crippen LogP contribution is -2.51. The summed E-state index contributed by atoms with van der Waals surface area (Å²) >= 11 is 6.41. The summed E-state index contributed by atoms with van der Waals surface area (Å²) in [7, 11) is 1.32. The Morgan fingerprint density at radius 2 is 1.89 bits per heavy atom. The van der Waals surface area contributed by atoms with Crippen LogP contribution in [0.4, 0.5) is 29.2 Å². The van der Waals surface area contributed by atoms with Crippen molar-refractivity contribution in [1.82, 2.24) is 20.3 Å². The molecule has 0 spiro atoms. The van der Waals surface area contributed by atoms with Crippen LogP contribution in [-0.2, 0) is 6.18 Å². The minimum Gasteiger partial charge on any atom is -0.467 e. The second-order valence-electron chi connectivity index (χ2n) is 8.48. The Kier molecular flexibility index (Phi) is 5.61. The summed E-state index contributed by atoms with van der Waals surface area (Å²) in [5.41, 5.74) is 2.14. The summed E-state index contributed by atoms with van der Waals surface area (Å²) in [4.78, 5) is 14.3. The fraction of sp³-hybridized carbons (Fsp3) is 0.348. The molecule has 3 aromatic rings. The minimum atomic E-state index is -4.95. The number of pyridine rings is 1. The lowest BCUT2D eigenvalue weighted by atomic mass is 9.98. The van der Waals surface area contributed by atoms with E-state index in [9.17, 15) is 13.2 Å². The van der Waals surface area contributed by atoms with Crippen molar-refractivity contribution in [3.63, 3.8) is 0 Å². The predicted octanol–water partition coefficient (Wildman–Crippen LogP) is 4.02. The SMILES string of the molecule is C#Cc1cc(N)nc(-c2c(Cl)cc3c(N4CC5CCC(C4)N5)nc(OC)nc3c2F)c1C(F)(F)F. The zero-order chi connectivity index (χ0) is 25.1. The van der Waals surface area contributed by atoms with Crippen molar-refractivity contribution >= 4 is 34.1 Å². The first-order chi connectivity index (χ1) is 16.6. The summed E-state index contributed by atoms with van der Waals surface area (Å²) < 4.78 is 63.2. The van der Waals surface area contributed by atoms with Crippen LogP contribution >= 0.6 is 11.6 Å². The molecule has 2 aromatic heterocycles. The molecule has 2 saturated heterocycles. The van der Waals surface area contributed by atoms with E-state index in [1.165, 1.54) is 13.2 Å². The van der Waals surface area contributed by atoms with Crippen molar-refractivity contribution < 1.29 is 22.3 Å². The smallest absolute Gasteiger partial charge is 0.419 e. The Morgan fingerprint density at radius 1 is 1.20 bits per heavy atom. The van der Waals surface area contributed by atoms with Gasteiger partial charge in [-0.2, -0.15) is 23.1 Å². The highest BCUT2D eigenvalue weighted by atomic mass is 35.5. The number of benzene rings is 1. The standard InChI is InChI=1S/C23H19ClF4N6O/c1-3-10-6-15(29)31-20(17(10)23(26,27)28)16-14(24)7-13-19(18(16)25)32-22(35-2)33-21(13)34-8-11-4-5-12(9-34)30-11/h1,6-7,11-12,30H,4-5,8-9H2,2H3,(H2,29,31). The van der Waals surface area contributed by atoms with Gasteiger partial charge in [-0.1, -0.05) is 17.5 Å². The highest BCUT2D eigenvalue weighted by Gasteiger charge is 2.40. The number of fused-ring (bicyclic) bond motifs is 3. The first kappa shape index (κ1) is 23.4. The molecule has 12 heteroatoms. The van der Waals surface area contributed by atoms with Gasteiger partial charge < -0.3 is 20.7 Å². The minimum absolute atomic E-state index is 0.133. The number of terminal acetylenes is 1. The fourth-order valence-electron chi connectivity index (χ4n) is 4.83. The van der Waals surface area contributed by atoms with Gasteiger partial charge in [-0.3, -0.25) is 0 Å². The molecule has 35 heavy (non-hydrogen) atoms. The van der Waals surface area contributed by atoms with Gasteiger partial charge in [0.05, 0.1) is 29.0 Å². The van der Waals surface area contributed by atoms with Crippen molar-refractivity contribution in [1.29, 1.82) is 0 Å². The van der Waals surface area contributed by atoms with Crippen LogP contribution in [0.1, 0.15) is 24.0 Å². The van der Waals surface area contributed by atoms with E-state index in [2.05, 4.69) is 20.3 Å². The van der Waals surface area contributed by atoms with E-state index < -0.39 is 34.4 Å². The molecule has 2 fully saturated rings. The molecule has 2 aliphatic heterocycles. The Hall–Kier alpha value is -3.36.